The van der Waals surface area contributed by atoms with E-state index in [9.17, 15) is 9.18 Å². The van der Waals surface area contributed by atoms with Gasteiger partial charge in [0.1, 0.15) is 18.2 Å². The third kappa shape index (κ3) is 4.09. The number of hydrogen-bond donors (Lipinski definition) is 0. The van der Waals surface area contributed by atoms with E-state index in [2.05, 4.69) is 10.00 Å². The second-order valence-electron chi connectivity index (χ2n) is 8.57. The van der Waals surface area contributed by atoms with Crippen LogP contribution in [0.25, 0.3) is 0 Å². The van der Waals surface area contributed by atoms with Crippen molar-refractivity contribution in [2.45, 2.75) is 51.7 Å². The van der Waals surface area contributed by atoms with Crippen LogP contribution in [0.2, 0.25) is 0 Å². The monoisotopic (exact) mass is 434 g/mol. The zero-order valence-electron chi connectivity index (χ0n) is 18.2. The molecule has 0 spiro atoms. The van der Waals surface area contributed by atoms with Gasteiger partial charge in [0.15, 0.2) is 5.82 Å². The number of fused-ring (bicyclic) bond motifs is 1. The van der Waals surface area contributed by atoms with Gasteiger partial charge in [-0.2, -0.15) is 5.10 Å². The fourth-order valence-corrected chi connectivity index (χ4v) is 4.78. The normalized spacial score (nSPS) is 18.1. The van der Waals surface area contributed by atoms with Crippen molar-refractivity contribution in [1.82, 2.24) is 24.6 Å². The van der Waals surface area contributed by atoms with Crippen LogP contribution in [0.1, 0.15) is 47.9 Å². The summed E-state index contributed by atoms with van der Waals surface area (Å²) in [5, 5.41) is 4.16. The number of halogens is 1. The summed E-state index contributed by atoms with van der Waals surface area (Å²) in [6.07, 6.45) is 7.27. The van der Waals surface area contributed by atoms with E-state index in [4.69, 9.17) is 9.97 Å². The maximum atomic E-state index is 13.3. The van der Waals surface area contributed by atoms with E-state index >= 15 is 0 Å². The quantitative estimate of drug-likeness (QED) is 0.616. The van der Waals surface area contributed by atoms with Crippen molar-refractivity contribution < 1.29 is 9.18 Å². The highest BCUT2D eigenvalue weighted by Crippen LogP contribution is 2.34. The van der Waals surface area contributed by atoms with Crippen LogP contribution in [-0.4, -0.2) is 43.6 Å². The van der Waals surface area contributed by atoms with Gasteiger partial charge in [0.2, 0.25) is 5.91 Å². The summed E-state index contributed by atoms with van der Waals surface area (Å²) >= 11 is 0. The van der Waals surface area contributed by atoms with E-state index in [1.54, 1.807) is 17.1 Å². The summed E-state index contributed by atoms with van der Waals surface area (Å²) in [6.45, 7) is 4.55. The predicted molar refractivity (Wildman–Crippen MR) is 118 cm³/mol. The van der Waals surface area contributed by atoms with Crippen molar-refractivity contribution in [1.29, 1.82) is 0 Å². The molecule has 1 amide bonds. The molecule has 0 bridgehead atoms. The third-order valence-corrected chi connectivity index (χ3v) is 6.38. The number of benzene rings is 1. The minimum absolute atomic E-state index is 0.0401. The van der Waals surface area contributed by atoms with Crippen molar-refractivity contribution in [3.05, 3.63) is 71.2 Å². The first-order chi connectivity index (χ1) is 15.6. The fourth-order valence-electron chi connectivity index (χ4n) is 4.78. The average Bonchev–Trinajstić information content (AvgIpc) is 3.48. The van der Waals surface area contributed by atoms with Gasteiger partial charge in [0.05, 0.1) is 6.04 Å². The maximum absolute atomic E-state index is 13.3. The molecule has 32 heavy (non-hydrogen) atoms. The van der Waals surface area contributed by atoms with Crippen molar-refractivity contribution in [3.63, 3.8) is 0 Å². The molecule has 2 aliphatic heterocycles. The van der Waals surface area contributed by atoms with Crippen LogP contribution in [-0.2, 0) is 24.3 Å². The van der Waals surface area contributed by atoms with Crippen LogP contribution in [0.4, 0.5) is 10.2 Å². The average molecular weight is 435 g/mol. The molecular formula is C24H27FN6O. The molecule has 7 nitrogen and oxygen atoms in total. The van der Waals surface area contributed by atoms with E-state index in [1.165, 1.54) is 17.7 Å². The number of anilines is 1. The molecule has 1 atom stereocenters. The van der Waals surface area contributed by atoms with Crippen LogP contribution in [0.3, 0.4) is 0 Å². The lowest BCUT2D eigenvalue weighted by atomic mass is 10.0. The first kappa shape index (κ1) is 20.6. The Labute approximate surface area is 186 Å². The molecule has 2 aliphatic rings. The van der Waals surface area contributed by atoms with Crippen LogP contribution in [0, 0.1) is 12.7 Å². The molecule has 0 aliphatic carbocycles. The van der Waals surface area contributed by atoms with Crippen molar-refractivity contribution in [2.24, 2.45) is 0 Å². The van der Waals surface area contributed by atoms with Gasteiger partial charge in [0, 0.05) is 43.3 Å². The number of hydrogen-bond acceptors (Lipinski definition) is 5. The zero-order valence-corrected chi connectivity index (χ0v) is 18.2. The number of likely N-dealkylation sites (tertiary alicyclic amines) is 1. The molecule has 1 fully saturated rings. The summed E-state index contributed by atoms with van der Waals surface area (Å²) in [5.74, 6) is 1.49. The number of aryl methyl sites for hydroxylation is 1. The molecule has 0 saturated carbocycles. The molecule has 0 N–H and O–H groups in total. The lowest BCUT2D eigenvalue weighted by Gasteiger charge is -2.32. The molecular weight excluding hydrogens is 407 g/mol. The van der Waals surface area contributed by atoms with E-state index in [-0.39, 0.29) is 24.3 Å². The molecule has 5 rings (SSSR count). The Morgan fingerprint density at radius 2 is 2.00 bits per heavy atom. The highest BCUT2D eigenvalue weighted by atomic mass is 19.1. The van der Waals surface area contributed by atoms with Crippen LogP contribution in [0.5, 0.6) is 0 Å². The third-order valence-electron chi connectivity index (χ3n) is 6.38. The van der Waals surface area contributed by atoms with Gasteiger partial charge in [-0.3, -0.25) is 9.48 Å². The van der Waals surface area contributed by atoms with E-state index in [0.29, 0.717) is 13.1 Å². The number of aromatic nitrogens is 4. The number of carbonyl (C=O) groups excluding carboxylic acids is 1. The number of nitrogens with zero attached hydrogens (tertiary/aromatic N) is 6. The summed E-state index contributed by atoms with van der Waals surface area (Å²) in [5.41, 5.74) is 3.21. The largest absolute Gasteiger partial charge is 0.352 e. The van der Waals surface area contributed by atoms with Gasteiger partial charge in [-0.05, 0) is 56.4 Å². The van der Waals surface area contributed by atoms with Crippen molar-refractivity contribution in [3.8, 4) is 0 Å². The van der Waals surface area contributed by atoms with Gasteiger partial charge in [-0.25, -0.2) is 14.4 Å². The SMILES string of the molecule is Cc1nc([C@H]2CCCN2C(=O)Cn2cccn2)nc2c1CCCN2Cc1ccc(F)cc1. The van der Waals surface area contributed by atoms with Crippen LogP contribution >= 0.6 is 0 Å². The fraction of sp³-hybridized carbons (Fsp3) is 0.417. The predicted octanol–water partition coefficient (Wildman–Crippen LogP) is 3.44. The van der Waals surface area contributed by atoms with Crippen LogP contribution < -0.4 is 4.90 Å². The lowest BCUT2D eigenvalue weighted by molar-refractivity contribution is -0.133. The lowest BCUT2D eigenvalue weighted by Crippen LogP contribution is -2.35. The second kappa shape index (κ2) is 8.68. The molecule has 1 aromatic carbocycles. The molecule has 8 heteroatoms. The van der Waals surface area contributed by atoms with Crippen LogP contribution in [0.15, 0.2) is 42.7 Å². The second-order valence-corrected chi connectivity index (χ2v) is 8.57. The number of amides is 1. The molecule has 2 aromatic heterocycles. The Bertz CT molecular complexity index is 1100. The number of carbonyl (C=O) groups is 1. The smallest absolute Gasteiger partial charge is 0.244 e. The topological polar surface area (TPSA) is 67.2 Å². The van der Waals surface area contributed by atoms with Gasteiger partial charge in [-0.1, -0.05) is 12.1 Å². The van der Waals surface area contributed by atoms with Gasteiger partial charge >= 0.3 is 0 Å². The van der Waals surface area contributed by atoms with Gasteiger partial charge < -0.3 is 9.80 Å². The molecule has 3 aromatic rings. The molecule has 0 unspecified atom stereocenters. The van der Waals surface area contributed by atoms with Crippen molar-refractivity contribution >= 4 is 11.7 Å². The summed E-state index contributed by atoms with van der Waals surface area (Å²) in [7, 11) is 0. The Morgan fingerprint density at radius 1 is 1.16 bits per heavy atom. The Hall–Kier alpha value is -3.29. The Kier molecular flexibility index (Phi) is 5.59. The Morgan fingerprint density at radius 3 is 2.78 bits per heavy atom. The summed E-state index contributed by atoms with van der Waals surface area (Å²) in [6, 6.07) is 8.35. The highest BCUT2D eigenvalue weighted by Gasteiger charge is 2.34. The molecule has 166 valence electrons. The van der Waals surface area contributed by atoms with E-state index in [1.807, 2.05) is 30.0 Å². The molecule has 1 saturated heterocycles. The summed E-state index contributed by atoms with van der Waals surface area (Å²) < 4.78 is 15.0. The first-order valence-corrected chi connectivity index (χ1v) is 11.2. The van der Waals surface area contributed by atoms with Gasteiger partial charge in [0.25, 0.3) is 0 Å². The highest BCUT2D eigenvalue weighted by molar-refractivity contribution is 5.76. The molecule has 0 radical (unpaired) electrons. The Balaban J connectivity index is 1.42. The standard InChI is InChI=1S/C24H27FN6O/c1-17-20-5-2-12-29(15-18-7-9-19(25)10-8-18)24(20)28-23(27-17)21-6-3-14-31(21)22(32)16-30-13-4-11-26-30/h4,7-11,13,21H,2-3,5-6,12,14-16H2,1H3/t21-/m1/s1. The number of rotatable bonds is 5. The maximum Gasteiger partial charge on any atom is 0.244 e. The van der Waals surface area contributed by atoms with Crippen molar-refractivity contribution in [2.75, 3.05) is 18.0 Å². The first-order valence-electron chi connectivity index (χ1n) is 11.2. The van der Waals surface area contributed by atoms with E-state index in [0.717, 1.165) is 55.1 Å². The van der Waals surface area contributed by atoms with E-state index < -0.39 is 0 Å². The zero-order chi connectivity index (χ0) is 22.1. The minimum atomic E-state index is -0.227. The molecule has 4 heterocycles. The minimum Gasteiger partial charge on any atom is -0.352 e. The summed E-state index contributed by atoms with van der Waals surface area (Å²) in [4.78, 5) is 27.0. The van der Waals surface area contributed by atoms with Gasteiger partial charge in [-0.15, -0.1) is 0 Å².